The minimum absolute atomic E-state index is 0.0334. The Hall–Kier alpha value is -6.80. The van der Waals surface area contributed by atoms with Crippen molar-refractivity contribution in [2.24, 2.45) is 5.41 Å². The molecule has 5 aromatic rings. The van der Waals surface area contributed by atoms with Crippen LogP contribution in [-0.2, 0) is 22.5 Å². The number of halogens is 3. The second-order valence-electron chi connectivity index (χ2n) is 18.0. The number of aromatic nitrogens is 4. The number of benzene rings is 2. The minimum atomic E-state index is -3.22. The number of nitrogens with zero attached hydrogens (tertiary/aromatic N) is 8. The Morgan fingerprint density at radius 2 is 1.76 bits per heavy atom. The summed E-state index contributed by atoms with van der Waals surface area (Å²) in [7, 11) is 4.82. The first-order valence-corrected chi connectivity index (χ1v) is 22.3. The molecular formula is C47H50F3N11O6. The lowest BCUT2D eigenvalue weighted by atomic mass is 9.69. The van der Waals surface area contributed by atoms with Gasteiger partial charge in [0.2, 0.25) is 5.91 Å². The Morgan fingerprint density at radius 1 is 0.955 bits per heavy atom. The van der Waals surface area contributed by atoms with Crippen LogP contribution < -0.4 is 30.5 Å². The molecule has 1 aliphatic carbocycles. The van der Waals surface area contributed by atoms with E-state index in [0.29, 0.717) is 58.2 Å². The molecule has 3 N–H and O–H groups in total. The molecule has 1 spiro atoms. The second-order valence-corrected chi connectivity index (χ2v) is 18.0. The number of piperidine rings is 1. The fourth-order valence-electron chi connectivity index (χ4n) is 10.3. The third-order valence-corrected chi connectivity index (χ3v) is 14.2. The molecule has 4 aliphatic heterocycles. The number of pyridine rings is 1. The van der Waals surface area contributed by atoms with E-state index in [2.05, 4.69) is 25.9 Å². The van der Waals surface area contributed by atoms with E-state index in [-0.39, 0.29) is 80.6 Å². The van der Waals surface area contributed by atoms with Gasteiger partial charge >= 0.3 is 6.03 Å². The molecule has 2 atom stereocenters. The summed E-state index contributed by atoms with van der Waals surface area (Å²) in [4.78, 5) is 67.0. The number of urea groups is 1. The highest BCUT2D eigenvalue weighted by Crippen LogP contribution is 2.51. The van der Waals surface area contributed by atoms with Crippen LogP contribution in [0.4, 0.5) is 40.8 Å². The maximum atomic E-state index is 16.1. The minimum Gasteiger partial charge on any atom is -0.496 e. The quantitative estimate of drug-likeness (QED) is 0.156. The van der Waals surface area contributed by atoms with Crippen LogP contribution in [0, 0.1) is 18.2 Å². The molecule has 67 heavy (non-hydrogen) atoms. The SMILES string of the molecule is CNc1cc(N2CCc3c(-c4ncc(CN5CC6(CCN(C(=O)c7cc(OC)c(C)c(N8CCC(=O)NC8=O)c7)CC6(F)F)C5)cc4F)cccc32)nn2c(C(=O)N[C@@H]3CC[C@H]3OC)cnc12. The molecule has 7 heterocycles. The highest BCUT2D eigenvalue weighted by atomic mass is 19.3. The number of imidazole rings is 1. The van der Waals surface area contributed by atoms with Crippen LogP contribution in [0.2, 0.25) is 0 Å². The number of alkyl halides is 2. The number of likely N-dealkylation sites (tertiary alicyclic amines) is 2. The summed E-state index contributed by atoms with van der Waals surface area (Å²) in [5, 5.41) is 13.4. The molecule has 20 heteroatoms. The fraction of sp³-hybridized carbons (Fsp3) is 0.426. The van der Waals surface area contributed by atoms with Crippen molar-refractivity contribution in [3.05, 3.63) is 88.6 Å². The van der Waals surface area contributed by atoms with Gasteiger partial charge in [-0.3, -0.25) is 34.5 Å². The summed E-state index contributed by atoms with van der Waals surface area (Å²) in [6.45, 7) is 2.00. The number of ether oxygens (including phenoxy) is 2. The van der Waals surface area contributed by atoms with Gasteiger partial charge in [0.1, 0.15) is 17.3 Å². The predicted molar refractivity (Wildman–Crippen MR) is 241 cm³/mol. The average Bonchev–Trinajstić information content (AvgIpc) is 3.93. The first-order chi connectivity index (χ1) is 32.2. The number of imide groups is 1. The topological polar surface area (TPSA) is 179 Å². The molecule has 3 saturated heterocycles. The van der Waals surface area contributed by atoms with Gasteiger partial charge < -0.3 is 29.9 Å². The molecule has 4 fully saturated rings. The lowest BCUT2D eigenvalue weighted by molar-refractivity contribution is -0.220. The lowest BCUT2D eigenvalue weighted by Gasteiger charge is -2.57. The van der Waals surface area contributed by atoms with Crippen molar-refractivity contribution in [3.63, 3.8) is 0 Å². The van der Waals surface area contributed by atoms with Crippen molar-refractivity contribution in [2.45, 2.75) is 63.6 Å². The number of hydrogen-bond donors (Lipinski definition) is 3. The van der Waals surface area contributed by atoms with Gasteiger partial charge in [-0.2, -0.15) is 0 Å². The molecule has 17 nitrogen and oxygen atoms in total. The van der Waals surface area contributed by atoms with Gasteiger partial charge in [-0.15, -0.1) is 5.10 Å². The number of methoxy groups -OCH3 is 2. The van der Waals surface area contributed by atoms with Gasteiger partial charge in [0, 0.05) is 94.5 Å². The number of carbonyl (C=O) groups is 4. The monoisotopic (exact) mass is 921 g/mol. The number of amides is 5. The average molecular weight is 922 g/mol. The Morgan fingerprint density at radius 3 is 2.46 bits per heavy atom. The van der Waals surface area contributed by atoms with E-state index in [4.69, 9.17) is 14.6 Å². The highest BCUT2D eigenvalue weighted by Gasteiger charge is 2.63. The van der Waals surface area contributed by atoms with Crippen LogP contribution >= 0.6 is 0 Å². The number of nitrogens with one attached hydrogen (secondary N) is 3. The van der Waals surface area contributed by atoms with Crippen molar-refractivity contribution in [2.75, 3.05) is 75.7 Å². The Labute approximate surface area is 383 Å². The number of anilines is 4. The summed E-state index contributed by atoms with van der Waals surface area (Å²) in [5.74, 6) is -4.20. The number of carbonyl (C=O) groups excluding carboxylic acids is 4. The zero-order chi connectivity index (χ0) is 46.9. The van der Waals surface area contributed by atoms with E-state index in [1.807, 2.05) is 34.1 Å². The Balaban J connectivity index is 0.808. The Bertz CT molecular complexity index is 2850. The number of hydrogen-bond acceptors (Lipinski definition) is 12. The van der Waals surface area contributed by atoms with Crippen molar-refractivity contribution in [3.8, 4) is 17.0 Å². The van der Waals surface area contributed by atoms with Crippen molar-refractivity contribution >= 4 is 52.3 Å². The summed E-state index contributed by atoms with van der Waals surface area (Å²) < 4.78 is 60.9. The van der Waals surface area contributed by atoms with Gasteiger partial charge in [0.25, 0.3) is 17.7 Å². The van der Waals surface area contributed by atoms with Gasteiger partial charge in [0.05, 0.1) is 48.8 Å². The van der Waals surface area contributed by atoms with E-state index in [1.54, 1.807) is 27.3 Å². The molecular weight excluding hydrogens is 872 g/mol. The van der Waals surface area contributed by atoms with E-state index in [0.717, 1.165) is 29.0 Å². The molecule has 5 amide bonds. The summed E-state index contributed by atoms with van der Waals surface area (Å²) in [6, 6.07) is 11.1. The molecule has 3 aromatic heterocycles. The smallest absolute Gasteiger partial charge is 0.328 e. The van der Waals surface area contributed by atoms with Gasteiger partial charge in [-0.05, 0) is 68.0 Å². The first-order valence-electron chi connectivity index (χ1n) is 22.3. The normalized spacial score (nSPS) is 20.9. The van der Waals surface area contributed by atoms with E-state index in [9.17, 15) is 19.2 Å². The second kappa shape index (κ2) is 16.8. The molecule has 0 unspecified atom stereocenters. The summed E-state index contributed by atoms with van der Waals surface area (Å²) >= 11 is 0. The van der Waals surface area contributed by atoms with Crippen molar-refractivity contribution < 1.29 is 41.8 Å². The van der Waals surface area contributed by atoms with E-state index >= 15 is 13.2 Å². The van der Waals surface area contributed by atoms with Crippen LogP contribution in [0.25, 0.3) is 16.9 Å². The fourth-order valence-corrected chi connectivity index (χ4v) is 10.3. The highest BCUT2D eigenvalue weighted by molar-refractivity contribution is 6.07. The van der Waals surface area contributed by atoms with Gasteiger partial charge in [-0.25, -0.2) is 27.5 Å². The predicted octanol–water partition coefficient (Wildman–Crippen LogP) is 5.32. The summed E-state index contributed by atoms with van der Waals surface area (Å²) in [6.07, 6.45) is 5.47. The van der Waals surface area contributed by atoms with Gasteiger partial charge in [-0.1, -0.05) is 12.1 Å². The van der Waals surface area contributed by atoms with Crippen LogP contribution in [0.5, 0.6) is 5.75 Å². The third kappa shape index (κ3) is 7.55. The third-order valence-electron chi connectivity index (χ3n) is 14.2. The molecule has 0 radical (unpaired) electrons. The number of rotatable bonds is 11. The zero-order valence-electron chi connectivity index (χ0n) is 37.5. The Kier molecular flexibility index (Phi) is 11.1. The van der Waals surface area contributed by atoms with Crippen molar-refractivity contribution in [1.29, 1.82) is 0 Å². The zero-order valence-corrected chi connectivity index (χ0v) is 37.5. The van der Waals surface area contributed by atoms with Crippen molar-refractivity contribution in [1.82, 2.24) is 40.0 Å². The lowest BCUT2D eigenvalue weighted by Crippen LogP contribution is -2.70. The molecule has 1 saturated carbocycles. The van der Waals surface area contributed by atoms with Crippen LogP contribution in [0.3, 0.4) is 0 Å². The maximum absolute atomic E-state index is 16.1. The molecule has 5 aliphatic rings. The van der Waals surface area contributed by atoms with E-state index in [1.165, 1.54) is 40.9 Å². The van der Waals surface area contributed by atoms with Crippen LogP contribution in [0.1, 0.15) is 63.2 Å². The largest absolute Gasteiger partial charge is 0.496 e. The van der Waals surface area contributed by atoms with E-state index < -0.39 is 41.5 Å². The molecule has 0 bridgehead atoms. The summed E-state index contributed by atoms with van der Waals surface area (Å²) in [5.41, 5.74) is 4.18. The van der Waals surface area contributed by atoms with Crippen LogP contribution in [0.15, 0.2) is 54.9 Å². The molecule has 350 valence electrons. The van der Waals surface area contributed by atoms with Crippen LogP contribution in [-0.4, -0.2) is 132 Å². The molecule has 10 rings (SSSR count). The number of fused-ring (bicyclic) bond motifs is 2. The van der Waals surface area contributed by atoms with Gasteiger partial charge in [0.15, 0.2) is 17.2 Å². The standard InChI is InChI=1S/C47H50F3N11O6/c1-26-35(60-14-11-40(62)55-45(60)65)17-28(18-38(26)67-4)44(64)58-15-12-46(47(49,50)25-58)23-57(24-46)22-27-16-31(48)41(52-20-27)30-6-5-7-34-29(30)10-13-59(34)39-19-33(51-2)42-53-21-36(61(42)56-39)43(63)54-32-8-9-37(32)66-3/h5-7,16-21,32,37,51H,8-15,22-25H2,1-4H3,(H,54,63)(H,55,62,65)/t32-,37-/m1/s1. The first kappa shape index (κ1) is 44.1. The molecule has 2 aromatic carbocycles. The maximum Gasteiger partial charge on any atom is 0.328 e.